The monoisotopic (exact) mass is 418 g/mol. The van der Waals surface area contributed by atoms with Gasteiger partial charge in [-0.15, -0.1) is 0 Å². The van der Waals surface area contributed by atoms with Crippen LogP contribution in [0.2, 0.25) is 0 Å². The van der Waals surface area contributed by atoms with Crippen LogP contribution < -0.4 is 9.46 Å². The highest BCUT2D eigenvalue weighted by Gasteiger charge is 2.06. The molecule has 6 heteroatoms. The normalized spacial score (nSPS) is 11.3. The second kappa shape index (κ2) is 8.47. The van der Waals surface area contributed by atoms with Crippen molar-refractivity contribution in [1.82, 2.24) is 4.57 Å². The van der Waals surface area contributed by atoms with E-state index >= 15 is 0 Å². The molecule has 0 fully saturated rings. The van der Waals surface area contributed by atoms with Crippen LogP contribution in [0.15, 0.2) is 97.0 Å². The molecule has 0 unspecified atom stereocenters. The Labute approximate surface area is 176 Å². The molecule has 1 heterocycles. The summed E-state index contributed by atoms with van der Waals surface area (Å²) in [7, 11) is -3.49. The van der Waals surface area contributed by atoms with E-state index in [0.29, 0.717) is 18.8 Å². The van der Waals surface area contributed by atoms with Crippen molar-refractivity contribution in [2.24, 2.45) is 0 Å². The van der Waals surface area contributed by atoms with Crippen LogP contribution in [0.5, 0.6) is 5.75 Å². The summed E-state index contributed by atoms with van der Waals surface area (Å²) in [5.74, 6) is 0.836. The molecule has 0 amide bonds. The lowest BCUT2D eigenvalue weighted by Gasteiger charge is -2.09. The Morgan fingerprint density at radius 1 is 0.933 bits per heavy atom. The van der Waals surface area contributed by atoms with Gasteiger partial charge in [0.2, 0.25) is 0 Å². The fourth-order valence-corrected chi connectivity index (χ4v) is 3.78. The van der Waals surface area contributed by atoms with Crippen LogP contribution >= 0.6 is 0 Å². The number of anilines is 1. The highest BCUT2D eigenvalue weighted by Crippen LogP contribution is 2.24. The average molecular weight is 419 g/mol. The lowest BCUT2D eigenvalue weighted by Crippen LogP contribution is -2.08. The SMILES string of the molecule is C=CS(=O)(=O)Nc1ccc(Cn2ccc3cc(OCc4ccccc4)ccc32)cc1. The molecule has 5 nitrogen and oxygen atoms in total. The minimum atomic E-state index is -3.49. The molecule has 0 saturated heterocycles. The maximum atomic E-state index is 11.6. The minimum absolute atomic E-state index is 0.510. The van der Waals surface area contributed by atoms with Crippen molar-refractivity contribution in [2.75, 3.05) is 4.72 Å². The molecular formula is C24H22N2O3S. The van der Waals surface area contributed by atoms with Crippen molar-refractivity contribution in [3.63, 3.8) is 0 Å². The molecule has 0 atom stereocenters. The minimum Gasteiger partial charge on any atom is -0.489 e. The molecule has 0 aliphatic heterocycles. The number of hydrogen-bond donors (Lipinski definition) is 1. The summed E-state index contributed by atoms with van der Waals surface area (Å²) >= 11 is 0. The van der Waals surface area contributed by atoms with Gasteiger partial charge in [-0.05, 0) is 47.5 Å². The number of hydrogen-bond acceptors (Lipinski definition) is 3. The number of fused-ring (bicyclic) bond motifs is 1. The van der Waals surface area contributed by atoms with Gasteiger partial charge in [0.05, 0.1) is 0 Å². The van der Waals surface area contributed by atoms with Crippen LogP contribution in [-0.2, 0) is 23.2 Å². The average Bonchev–Trinajstić information content (AvgIpc) is 3.16. The molecule has 0 saturated carbocycles. The van der Waals surface area contributed by atoms with E-state index in [1.165, 1.54) is 0 Å². The number of ether oxygens (including phenoxy) is 1. The van der Waals surface area contributed by atoms with Gasteiger partial charge in [-0.3, -0.25) is 4.72 Å². The Hall–Kier alpha value is -3.51. The lowest BCUT2D eigenvalue weighted by molar-refractivity contribution is 0.306. The first-order valence-corrected chi connectivity index (χ1v) is 11.1. The first-order valence-electron chi connectivity index (χ1n) is 9.52. The molecule has 0 bridgehead atoms. The first-order chi connectivity index (χ1) is 14.5. The van der Waals surface area contributed by atoms with E-state index in [4.69, 9.17) is 4.74 Å². The van der Waals surface area contributed by atoms with E-state index in [-0.39, 0.29) is 0 Å². The molecule has 1 N–H and O–H groups in total. The summed E-state index contributed by atoms with van der Waals surface area (Å²) in [5.41, 5.74) is 3.82. The van der Waals surface area contributed by atoms with Crippen LogP contribution in [-0.4, -0.2) is 13.0 Å². The summed E-state index contributed by atoms with van der Waals surface area (Å²) < 4.78 is 33.7. The molecule has 1 aromatic heterocycles. The van der Waals surface area contributed by atoms with E-state index in [0.717, 1.165) is 33.2 Å². The van der Waals surface area contributed by atoms with E-state index in [1.54, 1.807) is 12.1 Å². The maximum absolute atomic E-state index is 11.6. The van der Waals surface area contributed by atoms with E-state index in [9.17, 15) is 8.42 Å². The topological polar surface area (TPSA) is 60.3 Å². The molecular weight excluding hydrogens is 396 g/mol. The summed E-state index contributed by atoms with van der Waals surface area (Å²) in [5, 5.41) is 2.00. The maximum Gasteiger partial charge on any atom is 0.254 e. The zero-order valence-corrected chi connectivity index (χ0v) is 17.2. The Kier molecular flexibility index (Phi) is 5.59. The van der Waals surface area contributed by atoms with Crippen molar-refractivity contribution < 1.29 is 13.2 Å². The standard InChI is InChI=1S/C24H22N2O3S/c1-2-30(27,28)25-22-10-8-19(9-11-22)17-26-15-14-21-16-23(12-13-24(21)26)29-18-20-6-4-3-5-7-20/h2-16,25H,1,17-18H2. The zero-order valence-electron chi connectivity index (χ0n) is 16.4. The number of nitrogens with zero attached hydrogens (tertiary/aromatic N) is 1. The van der Waals surface area contributed by atoms with Gasteiger partial charge >= 0.3 is 0 Å². The van der Waals surface area contributed by atoms with Gasteiger partial charge in [0, 0.05) is 34.7 Å². The summed E-state index contributed by atoms with van der Waals surface area (Å²) in [6, 6.07) is 25.5. The second-order valence-corrected chi connectivity index (χ2v) is 8.58. The van der Waals surface area contributed by atoms with Crippen LogP contribution in [0.25, 0.3) is 10.9 Å². The Morgan fingerprint density at radius 2 is 1.70 bits per heavy atom. The summed E-state index contributed by atoms with van der Waals surface area (Å²) in [6.45, 7) is 4.51. The third-order valence-corrected chi connectivity index (χ3v) is 5.74. The van der Waals surface area contributed by atoms with Gasteiger partial charge in [0.25, 0.3) is 10.0 Å². The number of benzene rings is 3. The number of aromatic nitrogens is 1. The van der Waals surface area contributed by atoms with Crippen molar-refractivity contribution in [3.05, 3.63) is 108 Å². The van der Waals surface area contributed by atoms with Crippen molar-refractivity contribution in [2.45, 2.75) is 13.2 Å². The molecule has 3 aromatic carbocycles. The lowest BCUT2D eigenvalue weighted by atomic mass is 10.2. The van der Waals surface area contributed by atoms with Gasteiger partial charge in [-0.25, -0.2) is 8.42 Å². The number of sulfonamides is 1. The molecule has 152 valence electrons. The molecule has 0 radical (unpaired) electrons. The zero-order chi connectivity index (χ0) is 21.0. The van der Waals surface area contributed by atoms with Gasteiger partial charge in [0.15, 0.2) is 0 Å². The van der Waals surface area contributed by atoms with Gasteiger partial charge < -0.3 is 9.30 Å². The largest absolute Gasteiger partial charge is 0.489 e. The molecule has 4 aromatic rings. The van der Waals surface area contributed by atoms with E-state index < -0.39 is 10.0 Å². The quantitative estimate of drug-likeness (QED) is 0.430. The molecule has 30 heavy (non-hydrogen) atoms. The first kappa shape index (κ1) is 19.8. The Bertz CT molecular complexity index is 1260. The van der Waals surface area contributed by atoms with Gasteiger partial charge in [-0.2, -0.15) is 0 Å². The van der Waals surface area contributed by atoms with Crippen LogP contribution in [0.4, 0.5) is 5.69 Å². The Morgan fingerprint density at radius 3 is 2.43 bits per heavy atom. The molecule has 0 spiro atoms. The fraction of sp³-hybridized carbons (Fsp3) is 0.0833. The second-order valence-electron chi connectivity index (χ2n) is 6.95. The van der Waals surface area contributed by atoms with Gasteiger partial charge in [0.1, 0.15) is 12.4 Å². The van der Waals surface area contributed by atoms with E-state index in [2.05, 4.69) is 28.0 Å². The van der Waals surface area contributed by atoms with Gasteiger partial charge in [-0.1, -0.05) is 49.0 Å². The van der Waals surface area contributed by atoms with Crippen molar-refractivity contribution >= 4 is 26.6 Å². The van der Waals surface area contributed by atoms with Crippen molar-refractivity contribution in [3.8, 4) is 5.75 Å². The third kappa shape index (κ3) is 4.72. The number of rotatable bonds is 8. The molecule has 4 rings (SSSR count). The molecule has 0 aliphatic carbocycles. The highest BCUT2D eigenvalue weighted by atomic mass is 32.2. The summed E-state index contributed by atoms with van der Waals surface area (Å²) in [4.78, 5) is 0. The van der Waals surface area contributed by atoms with Crippen molar-refractivity contribution in [1.29, 1.82) is 0 Å². The Balaban J connectivity index is 1.45. The third-order valence-electron chi connectivity index (χ3n) is 4.78. The van der Waals surface area contributed by atoms with E-state index in [1.807, 2.05) is 60.8 Å². The summed E-state index contributed by atoms with van der Waals surface area (Å²) in [6.07, 6.45) is 2.04. The fourth-order valence-electron chi connectivity index (χ4n) is 3.23. The van der Waals surface area contributed by atoms with Crippen LogP contribution in [0, 0.1) is 0 Å². The molecule has 0 aliphatic rings. The smallest absolute Gasteiger partial charge is 0.254 e. The highest BCUT2D eigenvalue weighted by molar-refractivity contribution is 7.95. The van der Waals surface area contributed by atoms with Crippen LogP contribution in [0.3, 0.4) is 0 Å². The predicted octanol–water partition coefficient (Wildman–Crippen LogP) is 5.15. The predicted molar refractivity (Wildman–Crippen MR) is 121 cm³/mol. The number of nitrogens with one attached hydrogen (secondary N) is 1. The van der Waals surface area contributed by atoms with Crippen LogP contribution in [0.1, 0.15) is 11.1 Å².